The van der Waals surface area contributed by atoms with Crippen LogP contribution in [0.4, 0.5) is 0 Å². The van der Waals surface area contributed by atoms with E-state index in [1.807, 2.05) is 36.4 Å². The highest BCUT2D eigenvalue weighted by Crippen LogP contribution is 2.66. The Labute approximate surface area is 543 Å². The number of fused-ring (bicyclic) bond motifs is 28. The Morgan fingerprint density at radius 2 is 0.723 bits per heavy atom. The summed E-state index contributed by atoms with van der Waals surface area (Å²) in [6.45, 7) is 0. The third-order valence-corrected chi connectivity index (χ3v) is 21.6. The Hall–Kier alpha value is -12.1. The Morgan fingerprint density at radius 1 is 0.309 bits per heavy atom. The molecule has 0 bridgehead atoms. The molecule has 94 heavy (non-hydrogen) atoms. The number of nitrogens with zero attached hydrogens (tertiary/aromatic N) is 5. The van der Waals surface area contributed by atoms with Crippen molar-refractivity contribution in [1.29, 1.82) is 0 Å². The summed E-state index contributed by atoms with van der Waals surface area (Å²) in [6.07, 6.45) is 5.77. The summed E-state index contributed by atoms with van der Waals surface area (Å²) in [4.78, 5) is 15.6. The topological polar surface area (TPSA) is 48.5 Å². The van der Waals surface area contributed by atoms with Crippen molar-refractivity contribution >= 4 is 38.8 Å². The van der Waals surface area contributed by atoms with Gasteiger partial charge in [-0.15, -0.1) is 0 Å². The van der Waals surface area contributed by atoms with E-state index in [1.165, 1.54) is 139 Å². The molecule has 21 rings (SSSR count). The summed E-state index contributed by atoms with van der Waals surface area (Å²) in [6, 6.07) is 113. The van der Waals surface area contributed by atoms with Gasteiger partial charge in [0.15, 0.2) is 17.5 Å². The molecule has 1 unspecified atom stereocenters. The van der Waals surface area contributed by atoms with E-state index >= 15 is 0 Å². The zero-order chi connectivity index (χ0) is 61.4. The van der Waals surface area contributed by atoms with Crippen molar-refractivity contribution in [2.75, 3.05) is 0 Å². The van der Waals surface area contributed by atoms with Crippen LogP contribution in [0.15, 0.2) is 309 Å². The molecule has 0 radical (unpaired) electrons. The molecule has 16 aromatic rings. The van der Waals surface area contributed by atoms with Gasteiger partial charge in [0.1, 0.15) is 0 Å². The fraction of sp³-hybridized carbons (Fsp3) is 0.0449. The van der Waals surface area contributed by atoms with Gasteiger partial charge in [0.05, 0.1) is 27.4 Å². The first-order chi connectivity index (χ1) is 46.6. The largest absolute Gasteiger partial charge is 0.309 e. The van der Waals surface area contributed by atoms with Gasteiger partial charge in [-0.1, -0.05) is 273 Å². The maximum absolute atomic E-state index is 5.26. The minimum atomic E-state index is -0.521. The van der Waals surface area contributed by atoms with Gasteiger partial charge in [0, 0.05) is 67.0 Å². The molecule has 0 fully saturated rings. The van der Waals surface area contributed by atoms with Crippen molar-refractivity contribution in [2.45, 2.75) is 23.2 Å². The normalized spacial score (nSPS) is 15.0. The molecule has 0 saturated carbocycles. The lowest BCUT2D eigenvalue weighted by molar-refractivity contribution is 0.794. The molecule has 0 aliphatic heterocycles. The van der Waals surface area contributed by atoms with Crippen LogP contribution >= 0.6 is 0 Å². The predicted octanol–water partition coefficient (Wildman–Crippen LogP) is 21.0. The standard InChI is InChI=1S/C89H55N5/c1-4-23-54(24-5-1)85-90-86(55-25-6-2-7-26-55)92-87(91-85)58-27-22-30-60(51-58)94-80-50-44-57(53-70(80)66-46-48-78-82(84(66)94)68-36-15-21-42-76(68)89(78)73-39-18-12-33-63(73)64-34-13-19-40-74(64)89)56-43-49-79-69(52-56)65-45-47-77-81(83(65)93(79)59-28-8-3-9-29-59)67-35-14-20-41-75(67)88(77)71-37-16-10-31-61(71)62-32-11-17-38-72(62)88/h1-51,53,56H,52H2. The smallest absolute Gasteiger partial charge is 0.164 e. The van der Waals surface area contributed by atoms with E-state index in [-0.39, 0.29) is 5.92 Å². The molecule has 1 atom stereocenters. The van der Waals surface area contributed by atoms with Crippen molar-refractivity contribution in [2.24, 2.45) is 0 Å². The zero-order valence-electron chi connectivity index (χ0n) is 51.0. The van der Waals surface area contributed by atoms with Crippen LogP contribution in [0.1, 0.15) is 67.2 Å². The van der Waals surface area contributed by atoms with Gasteiger partial charge < -0.3 is 9.13 Å². The molecule has 5 heteroatoms. The average molecular weight is 1190 g/mol. The molecule has 2 spiro atoms. The van der Waals surface area contributed by atoms with Gasteiger partial charge in [-0.3, -0.25) is 0 Å². The van der Waals surface area contributed by atoms with Gasteiger partial charge in [-0.05, 0) is 138 Å². The van der Waals surface area contributed by atoms with Crippen LogP contribution in [-0.4, -0.2) is 24.1 Å². The Balaban J connectivity index is 0.779. The summed E-state index contributed by atoms with van der Waals surface area (Å²) >= 11 is 0. The number of rotatable bonds is 6. The maximum Gasteiger partial charge on any atom is 0.164 e. The van der Waals surface area contributed by atoms with Crippen LogP contribution in [0.5, 0.6) is 0 Å². The quantitative estimate of drug-likeness (QED) is 0.167. The lowest BCUT2D eigenvalue weighted by atomic mass is 9.70. The summed E-state index contributed by atoms with van der Waals surface area (Å²) in [5.74, 6) is 1.98. The first-order valence-corrected chi connectivity index (χ1v) is 32.8. The minimum absolute atomic E-state index is 0.0975. The van der Waals surface area contributed by atoms with Crippen LogP contribution < -0.4 is 0 Å². The monoisotopic (exact) mass is 1190 g/mol. The number of allylic oxidation sites excluding steroid dienone is 1. The molecule has 436 valence electrons. The first-order valence-electron chi connectivity index (χ1n) is 32.8. The van der Waals surface area contributed by atoms with Gasteiger partial charge in [0.25, 0.3) is 0 Å². The molecule has 0 saturated heterocycles. The molecular weight excluding hydrogens is 1140 g/mol. The van der Waals surface area contributed by atoms with E-state index in [4.69, 9.17) is 15.0 Å². The van der Waals surface area contributed by atoms with Crippen molar-refractivity contribution < 1.29 is 0 Å². The highest BCUT2D eigenvalue weighted by atomic mass is 15.0. The third kappa shape index (κ3) is 6.74. The lowest BCUT2D eigenvalue weighted by Crippen LogP contribution is -2.25. The predicted molar refractivity (Wildman–Crippen MR) is 382 cm³/mol. The van der Waals surface area contributed by atoms with Gasteiger partial charge in [0.2, 0.25) is 0 Å². The minimum Gasteiger partial charge on any atom is -0.309 e. The highest BCUT2D eigenvalue weighted by Gasteiger charge is 2.54. The molecule has 5 aliphatic rings. The van der Waals surface area contributed by atoms with Gasteiger partial charge >= 0.3 is 0 Å². The SMILES string of the molecule is C1=CC(c2ccc3c(c2)c2ccc4c(c2n3-c2cccc(-c3nc(-c5ccccc5)nc(-c5ccccc5)n3)c2)-c2ccccc2C42c3ccccc3-c3ccccc32)Cc2c1n(-c1ccccc1)c1c3c(ccc21)C1(c2ccccc2-c2ccccc21)c1ccccc1-3. The van der Waals surface area contributed by atoms with Gasteiger partial charge in [-0.2, -0.15) is 0 Å². The summed E-state index contributed by atoms with van der Waals surface area (Å²) in [7, 11) is 0. The first kappa shape index (κ1) is 51.7. The Bertz CT molecular complexity index is 5820. The van der Waals surface area contributed by atoms with E-state index < -0.39 is 10.8 Å². The van der Waals surface area contributed by atoms with Crippen molar-refractivity contribution in [3.8, 4) is 90.0 Å². The number of hydrogen-bond acceptors (Lipinski definition) is 3. The van der Waals surface area contributed by atoms with E-state index in [0.717, 1.165) is 34.3 Å². The maximum atomic E-state index is 5.26. The van der Waals surface area contributed by atoms with E-state index in [9.17, 15) is 0 Å². The number of hydrogen-bond donors (Lipinski definition) is 0. The van der Waals surface area contributed by atoms with E-state index in [1.54, 1.807) is 0 Å². The summed E-state index contributed by atoms with van der Waals surface area (Å²) in [5.41, 5.74) is 32.5. The number of benzene rings is 13. The molecule has 5 aliphatic carbocycles. The van der Waals surface area contributed by atoms with E-state index in [0.29, 0.717) is 17.5 Å². The zero-order valence-corrected chi connectivity index (χ0v) is 51.0. The summed E-state index contributed by atoms with van der Waals surface area (Å²) < 4.78 is 5.13. The second-order valence-corrected chi connectivity index (χ2v) is 25.9. The lowest BCUT2D eigenvalue weighted by Gasteiger charge is -2.30. The van der Waals surface area contributed by atoms with Crippen LogP contribution in [-0.2, 0) is 17.3 Å². The van der Waals surface area contributed by atoms with Crippen LogP contribution in [0.3, 0.4) is 0 Å². The molecule has 0 amide bonds. The van der Waals surface area contributed by atoms with Crippen molar-refractivity contribution in [3.05, 3.63) is 371 Å². The highest BCUT2D eigenvalue weighted by molar-refractivity contribution is 6.17. The summed E-state index contributed by atoms with van der Waals surface area (Å²) in [5, 5.41) is 3.73. The fourth-order valence-corrected chi connectivity index (χ4v) is 17.9. The average Bonchev–Trinajstić information content (AvgIpc) is 1.51. The molecule has 5 nitrogen and oxygen atoms in total. The van der Waals surface area contributed by atoms with Crippen molar-refractivity contribution in [3.63, 3.8) is 0 Å². The van der Waals surface area contributed by atoms with Crippen LogP contribution in [0.2, 0.25) is 0 Å². The van der Waals surface area contributed by atoms with E-state index in [2.05, 4.69) is 288 Å². The second kappa shape index (κ2) is 19.3. The Morgan fingerprint density at radius 3 is 1.24 bits per heavy atom. The van der Waals surface area contributed by atoms with Crippen molar-refractivity contribution in [1.82, 2.24) is 24.1 Å². The molecular formula is C89H55N5. The Kier molecular flexibility index (Phi) is 10.6. The van der Waals surface area contributed by atoms with Crippen LogP contribution in [0.25, 0.3) is 129 Å². The number of para-hydroxylation sites is 1. The second-order valence-electron chi connectivity index (χ2n) is 25.9. The molecule has 0 N–H and O–H groups in total. The third-order valence-electron chi connectivity index (χ3n) is 21.6. The molecule has 3 heterocycles. The molecule has 13 aromatic carbocycles. The fourth-order valence-electron chi connectivity index (χ4n) is 17.9. The van der Waals surface area contributed by atoms with Gasteiger partial charge in [-0.25, -0.2) is 15.0 Å². The van der Waals surface area contributed by atoms with Crippen LogP contribution in [0, 0.1) is 0 Å². The number of aromatic nitrogens is 5. The molecule has 3 aromatic heterocycles.